The molecule has 4 aliphatic carbocycles. The van der Waals surface area contributed by atoms with Crippen LogP contribution >= 0.6 is 11.8 Å². The van der Waals surface area contributed by atoms with Gasteiger partial charge >= 0.3 is 6.09 Å². The number of nitriles is 1. The molecule has 4 bridgehead atoms. The summed E-state index contributed by atoms with van der Waals surface area (Å²) in [7, 11) is 0. The van der Waals surface area contributed by atoms with Gasteiger partial charge in [-0.15, -0.1) is 0 Å². The van der Waals surface area contributed by atoms with Crippen molar-refractivity contribution in [3.05, 3.63) is 11.8 Å². The number of nitrogens with zero attached hydrogens (tertiary/aromatic N) is 3. The molecule has 0 radical (unpaired) electrons. The number of aromatic nitrogens is 2. The Bertz CT molecular complexity index is 846. The Morgan fingerprint density at radius 2 is 2.03 bits per heavy atom. The fourth-order valence-electron chi connectivity index (χ4n) is 6.04. The van der Waals surface area contributed by atoms with E-state index in [9.17, 15) is 10.1 Å². The first-order valence-corrected chi connectivity index (χ1v) is 12.0. The van der Waals surface area contributed by atoms with Gasteiger partial charge in [-0.05, 0) is 82.3 Å². The largest absolute Gasteiger partial charge is 0.444 e. The van der Waals surface area contributed by atoms with Crippen molar-refractivity contribution in [2.75, 3.05) is 18.1 Å². The van der Waals surface area contributed by atoms with Crippen molar-refractivity contribution >= 4 is 23.7 Å². The van der Waals surface area contributed by atoms with Gasteiger partial charge in [-0.3, -0.25) is 0 Å². The Morgan fingerprint density at radius 1 is 1.33 bits per heavy atom. The minimum atomic E-state index is -0.479. The van der Waals surface area contributed by atoms with Crippen LogP contribution in [0.15, 0.2) is 11.4 Å². The van der Waals surface area contributed by atoms with Crippen LogP contribution in [-0.2, 0) is 4.74 Å². The highest BCUT2D eigenvalue weighted by molar-refractivity contribution is 7.98. The van der Waals surface area contributed by atoms with Crippen LogP contribution in [0.3, 0.4) is 0 Å². The number of thioether (sulfide) groups is 1. The highest BCUT2D eigenvalue weighted by atomic mass is 32.2. The van der Waals surface area contributed by atoms with Crippen LogP contribution in [-0.4, -0.2) is 40.5 Å². The van der Waals surface area contributed by atoms with Crippen molar-refractivity contribution in [1.29, 1.82) is 5.26 Å². The number of alkyl carbamates (subject to hydrolysis) is 1. The van der Waals surface area contributed by atoms with Gasteiger partial charge in [0.1, 0.15) is 23.1 Å². The van der Waals surface area contributed by atoms with Crippen molar-refractivity contribution in [3.63, 3.8) is 0 Å². The van der Waals surface area contributed by atoms with Crippen LogP contribution in [0.1, 0.15) is 58.4 Å². The first kappa shape index (κ1) is 21.2. The van der Waals surface area contributed by atoms with E-state index < -0.39 is 5.60 Å². The van der Waals surface area contributed by atoms with Crippen LogP contribution in [0.4, 0.5) is 10.6 Å². The van der Waals surface area contributed by atoms with E-state index in [0.717, 1.165) is 25.3 Å². The van der Waals surface area contributed by atoms with Crippen LogP contribution in [0, 0.1) is 34.5 Å². The number of ether oxygens (including phenoxy) is 1. The predicted molar refractivity (Wildman–Crippen MR) is 116 cm³/mol. The van der Waals surface area contributed by atoms with Crippen molar-refractivity contribution in [1.82, 2.24) is 15.3 Å². The molecule has 1 aromatic rings. The normalized spacial score (nSPS) is 31.8. The monoisotopic (exact) mass is 429 g/mol. The molecule has 0 aliphatic heterocycles. The molecule has 0 spiro atoms. The third kappa shape index (κ3) is 4.36. The second kappa shape index (κ2) is 7.92. The summed E-state index contributed by atoms with van der Waals surface area (Å²) in [6.07, 6.45) is 9.01. The van der Waals surface area contributed by atoms with Gasteiger partial charge in [0.05, 0.1) is 6.20 Å². The lowest BCUT2D eigenvalue weighted by molar-refractivity contribution is -0.0703. The van der Waals surface area contributed by atoms with Crippen LogP contribution in [0.5, 0.6) is 0 Å². The molecule has 8 heteroatoms. The van der Waals surface area contributed by atoms with Crippen molar-refractivity contribution < 1.29 is 9.53 Å². The van der Waals surface area contributed by atoms with Crippen molar-refractivity contribution in [2.45, 2.75) is 69.7 Å². The zero-order chi connectivity index (χ0) is 21.5. The van der Waals surface area contributed by atoms with Gasteiger partial charge in [0.2, 0.25) is 0 Å². The summed E-state index contributed by atoms with van der Waals surface area (Å²) in [5.74, 6) is 2.35. The lowest BCUT2D eigenvalue weighted by Crippen LogP contribution is -2.60. The Morgan fingerprint density at radius 3 is 2.63 bits per heavy atom. The van der Waals surface area contributed by atoms with E-state index >= 15 is 0 Å². The number of carbonyl (C=O) groups excluding carboxylic acids is 1. The zero-order valence-electron chi connectivity index (χ0n) is 18.2. The smallest absolute Gasteiger partial charge is 0.407 e. The summed E-state index contributed by atoms with van der Waals surface area (Å²) in [5, 5.41) is 16.8. The molecule has 162 valence electrons. The molecule has 4 aliphatic rings. The average Bonchev–Trinajstić information content (AvgIpc) is 2.67. The van der Waals surface area contributed by atoms with E-state index in [1.54, 1.807) is 6.20 Å². The average molecular weight is 430 g/mol. The predicted octanol–water partition coefficient (Wildman–Crippen LogP) is 4.20. The number of rotatable bonds is 5. The molecule has 4 fully saturated rings. The molecule has 30 heavy (non-hydrogen) atoms. The summed E-state index contributed by atoms with van der Waals surface area (Å²) < 4.78 is 5.51. The molecule has 4 saturated carbocycles. The van der Waals surface area contributed by atoms with Gasteiger partial charge in [-0.25, -0.2) is 14.8 Å². The second-order valence-corrected chi connectivity index (χ2v) is 11.0. The Balaban J connectivity index is 1.44. The third-order valence-electron chi connectivity index (χ3n) is 6.78. The maximum absolute atomic E-state index is 12.4. The van der Waals surface area contributed by atoms with E-state index in [0.29, 0.717) is 28.4 Å². The lowest BCUT2D eigenvalue weighted by atomic mass is 9.48. The number of hydrogen-bond donors (Lipinski definition) is 2. The fraction of sp³-hybridized carbons (Fsp3) is 0.727. The molecule has 0 aromatic carbocycles. The lowest BCUT2D eigenvalue weighted by Gasteiger charge is -2.60. The van der Waals surface area contributed by atoms with Crippen LogP contribution < -0.4 is 10.6 Å². The summed E-state index contributed by atoms with van der Waals surface area (Å²) in [6, 6.07) is 2.40. The molecular formula is C22H31N5O2S. The summed E-state index contributed by atoms with van der Waals surface area (Å²) in [6.45, 7) is 6.51. The minimum Gasteiger partial charge on any atom is -0.444 e. The number of hydrogen-bond acceptors (Lipinski definition) is 7. The van der Waals surface area contributed by atoms with E-state index in [-0.39, 0.29) is 17.6 Å². The van der Waals surface area contributed by atoms with Gasteiger partial charge in [0.15, 0.2) is 5.16 Å². The Labute approximate surface area is 182 Å². The van der Waals surface area contributed by atoms with Crippen LogP contribution in [0.25, 0.3) is 0 Å². The molecule has 2 unspecified atom stereocenters. The highest BCUT2D eigenvalue weighted by Crippen LogP contribution is 2.60. The van der Waals surface area contributed by atoms with E-state index in [2.05, 4.69) is 26.7 Å². The first-order chi connectivity index (χ1) is 14.2. The fourth-order valence-corrected chi connectivity index (χ4v) is 6.38. The molecule has 5 rings (SSSR count). The zero-order valence-corrected chi connectivity index (χ0v) is 19.0. The molecule has 1 amide bonds. The van der Waals surface area contributed by atoms with E-state index in [4.69, 9.17) is 4.74 Å². The molecule has 7 nitrogen and oxygen atoms in total. The summed E-state index contributed by atoms with van der Waals surface area (Å²) >= 11 is 1.47. The Kier molecular flexibility index (Phi) is 5.60. The molecule has 2 N–H and O–H groups in total. The third-order valence-corrected chi connectivity index (χ3v) is 7.35. The number of carbonyl (C=O) groups is 1. The summed E-state index contributed by atoms with van der Waals surface area (Å²) in [4.78, 5) is 21.1. The number of amides is 1. The van der Waals surface area contributed by atoms with Crippen molar-refractivity contribution in [3.8, 4) is 6.07 Å². The summed E-state index contributed by atoms with van der Waals surface area (Å²) in [5.41, 5.74) is 0.217. The standard InChI is InChI=1S/C22H31N5O2S/c1-21(2,3)29-20(28)26-17-14-5-13-6-15(17)9-22(7-13,8-14)12-25-18-16(10-23)11-24-19(27-18)30-4/h11,13-15,17H,5-9,12H2,1-4H3,(H,26,28)(H,24,25,27). The van der Waals surface area contributed by atoms with Gasteiger partial charge in [-0.1, -0.05) is 11.8 Å². The topological polar surface area (TPSA) is 99.9 Å². The SMILES string of the molecule is CSc1ncc(C#N)c(NCC23CC4CC(C2)C(NC(=O)OC(C)(C)C)C(C4)C3)n1. The molecule has 1 aromatic heterocycles. The van der Waals surface area contributed by atoms with Gasteiger partial charge in [0.25, 0.3) is 0 Å². The van der Waals surface area contributed by atoms with E-state index in [1.807, 2.05) is 27.0 Å². The quantitative estimate of drug-likeness (QED) is 0.534. The number of nitrogens with one attached hydrogen (secondary N) is 2. The highest BCUT2D eigenvalue weighted by Gasteiger charge is 2.55. The maximum atomic E-state index is 12.4. The molecule has 0 saturated heterocycles. The van der Waals surface area contributed by atoms with Crippen molar-refractivity contribution in [2.24, 2.45) is 23.2 Å². The maximum Gasteiger partial charge on any atom is 0.407 e. The molecular weight excluding hydrogens is 398 g/mol. The van der Waals surface area contributed by atoms with Gasteiger partial charge in [0, 0.05) is 12.6 Å². The Hall–Kier alpha value is -2.01. The van der Waals surface area contributed by atoms with E-state index in [1.165, 1.54) is 31.0 Å². The number of anilines is 1. The second-order valence-electron chi connectivity index (χ2n) is 10.2. The molecule has 1 heterocycles. The van der Waals surface area contributed by atoms with Gasteiger partial charge in [-0.2, -0.15) is 5.26 Å². The van der Waals surface area contributed by atoms with Gasteiger partial charge < -0.3 is 15.4 Å². The van der Waals surface area contributed by atoms with Crippen LogP contribution in [0.2, 0.25) is 0 Å². The first-order valence-electron chi connectivity index (χ1n) is 10.7. The minimum absolute atomic E-state index is 0.208. The molecule has 2 atom stereocenters.